The summed E-state index contributed by atoms with van der Waals surface area (Å²) in [4.78, 5) is 6.43. The largest absolute Gasteiger partial charge is 0.378 e. The van der Waals surface area contributed by atoms with Gasteiger partial charge >= 0.3 is 0 Å². The molecule has 1 heterocycles. The Balaban J connectivity index is 2.04. The van der Waals surface area contributed by atoms with Crippen LogP contribution in [-0.4, -0.2) is 31.2 Å². The van der Waals surface area contributed by atoms with Crippen molar-refractivity contribution in [1.82, 2.24) is 4.98 Å². The second-order valence-corrected chi connectivity index (χ2v) is 4.99. The van der Waals surface area contributed by atoms with Gasteiger partial charge in [-0.15, -0.1) is 0 Å². The van der Waals surface area contributed by atoms with Gasteiger partial charge in [-0.05, 0) is 18.9 Å². The highest BCUT2D eigenvalue weighted by Crippen LogP contribution is 2.22. The van der Waals surface area contributed by atoms with Crippen molar-refractivity contribution in [3.05, 3.63) is 18.3 Å². The summed E-state index contributed by atoms with van der Waals surface area (Å²) in [5.74, 6) is 0.929. The van der Waals surface area contributed by atoms with Crippen LogP contribution in [0.1, 0.15) is 25.7 Å². The summed E-state index contributed by atoms with van der Waals surface area (Å²) in [5.41, 5.74) is 7.28. The van der Waals surface area contributed by atoms with Gasteiger partial charge in [0.15, 0.2) is 0 Å². The van der Waals surface area contributed by atoms with Gasteiger partial charge in [-0.3, -0.25) is 0 Å². The first-order valence-corrected chi connectivity index (χ1v) is 6.32. The number of hydrogen-bond donors (Lipinski definition) is 2. The molecule has 1 saturated carbocycles. The molecule has 0 radical (unpaired) electrons. The van der Waals surface area contributed by atoms with E-state index in [0.717, 1.165) is 24.3 Å². The number of hydrogen-bond acceptors (Lipinski definition) is 4. The van der Waals surface area contributed by atoms with Crippen LogP contribution in [0, 0.1) is 0 Å². The van der Waals surface area contributed by atoms with Gasteiger partial charge in [0.25, 0.3) is 0 Å². The quantitative estimate of drug-likeness (QED) is 0.838. The molecule has 4 heteroatoms. The fourth-order valence-corrected chi connectivity index (χ4v) is 2.31. The van der Waals surface area contributed by atoms with Crippen molar-refractivity contribution in [1.29, 1.82) is 0 Å². The summed E-state index contributed by atoms with van der Waals surface area (Å²) in [7, 11) is 4.07. The van der Waals surface area contributed by atoms with Crippen LogP contribution < -0.4 is 16.0 Å². The zero-order valence-electron chi connectivity index (χ0n) is 10.7. The third-order valence-electron chi connectivity index (χ3n) is 3.41. The summed E-state index contributed by atoms with van der Waals surface area (Å²) in [5, 5.41) is 3.46. The van der Waals surface area contributed by atoms with E-state index in [4.69, 9.17) is 5.73 Å². The molecule has 94 valence electrons. The van der Waals surface area contributed by atoms with Crippen LogP contribution in [0.3, 0.4) is 0 Å². The number of nitrogens with one attached hydrogen (secondary N) is 1. The minimum Gasteiger partial charge on any atom is -0.378 e. The average Bonchev–Trinajstić information content (AvgIpc) is 2.32. The molecule has 0 unspecified atom stereocenters. The first kappa shape index (κ1) is 12.2. The van der Waals surface area contributed by atoms with Crippen molar-refractivity contribution in [2.75, 3.05) is 24.3 Å². The summed E-state index contributed by atoms with van der Waals surface area (Å²) >= 11 is 0. The second kappa shape index (κ2) is 5.36. The standard InChI is InChI=1S/C13H22N4/c1-17(2)10-7-8-15-13(9-10)16-12-6-4-3-5-11(12)14/h7-9,11-12H,3-6,14H2,1-2H3,(H,15,16)/t11-,12-/m1/s1. The highest BCUT2D eigenvalue weighted by molar-refractivity contribution is 5.53. The maximum atomic E-state index is 6.12. The molecule has 0 aliphatic heterocycles. The fourth-order valence-electron chi connectivity index (χ4n) is 2.31. The van der Waals surface area contributed by atoms with Crippen LogP contribution in [-0.2, 0) is 0 Å². The first-order valence-electron chi connectivity index (χ1n) is 6.32. The Morgan fingerprint density at radius 1 is 1.35 bits per heavy atom. The predicted molar refractivity (Wildman–Crippen MR) is 72.4 cm³/mol. The number of nitrogens with zero attached hydrogens (tertiary/aromatic N) is 2. The first-order chi connectivity index (χ1) is 8.16. The Labute approximate surface area is 103 Å². The average molecular weight is 234 g/mol. The van der Waals surface area contributed by atoms with Gasteiger partial charge in [0.1, 0.15) is 5.82 Å². The van der Waals surface area contributed by atoms with Gasteiger partial charge in [-0.1, -0.05) is 12.8 Å². The third-order valence-corrected chi connectivity index (χ3v) is 3.41. The minimum absolute atomic E-state index is 0.258. The number of rotatable bonds is 3. The number of pyridine rings is 1. The lowest BCUT2D eigenvalue weighted by atomic mass is 9.91. The molecule has 1 aliphatic carbocycles. The Bertz CT molecular complexity index is 364. The van der Waals surface area contributed by atoms with Crippen LogP contribution >= 0.6 is 0 Å². The fraction of sp³-hybridized carbons (Fsp3) is 0.615. The predicted octanol–water partition coefficient (Wildman–Crippen LogP) is 1.83. The molecule has 1 aliphatic rings. The number of aromatic nitrogens is 1. The molecule has 1 aromatic heterocycles. The SMILES string of the molecule is CN(C)c1ccnc(N[C@@H]2CCCC[C@H]2N)c1. The second-order valence-electron chi connectivity index (χ2n) is 4.99. The highest BCUT2D eigenvalue weighted by Gasteiger charge is 2.21. The summed E-state index contributed by atoms with van der Waals surface area (Å²) in [6.45, 7) is 0. The Morgan fingerprint density at radius 3 is 2.82 bits per heavy atom. The summed E-state index contributed by atoms with van der Waals surface area (Å²) < 4.78 is 0. The molecule has 0 amide bonds. The molecule has 4 nitrogen and oxygen atoms in total. The summed E-state index contributed by atoms with van der Waals surface area (Å²) in [6.07, 6.45) is 6.62. The molecule has 17 heavy (non-hydrogen) atoms. The van der Waals surface area contributed by atoms with E-state index in [1.807, 2.05) is 26.4 Å². The van der Waals surface area contributed by atoms with Gasteiger partial charge < -0.3 is 16.0 Å². The van der Waals surface area contributed by atoms with Crippen LogP contribution in [0.5, 0.6) is 0 Å². The van der Waals surface area contributed by atoms with E-state index in [0.29, 0.717) is 6.04 Å². The Hall–Kier alpha value is -1.29. The van der Waals surface area contributed by atoms with Crippen LogP contribution in [0.25, 0.3) is 0 Å². The van der Waals surface area contributed by atoms with Gasteiger partial charge in [0.2, 0.25) is 0 Å². The van der Waals surface area contributed by atoms with E-state index in [-0.39, 0.29) is 6.04 Å². The zero-order valence-corrected chi connectivity index (χ0v) is 10.7. The van der Waals surface area contributed by atoms with Crippen molar-refractivity contribution in [3.63, 3.8) is 0 Å². The summed E-state index contributed by atoms with van der Waals surface area (Å²) in [6, 6.07) is 4.70. The highest BCUT2D eigenvalue weighted by atomic mass is 15.1. The molecule has 0 saturated heterocycles. The molecule has 0 bridgehead atoms. The topological polar surface area (TPSA) is 54.2 Å². The lowest BCUT2D eigenvalue weighted by Crippen LogP contribution is -2.42. The van der Waals surface area contributed by atoms with Gasteiger partial charge in [0.05, 0.1) is 0 Å². The van der Waals surface area contributed by atoms with Crippen molar-refractivity contribution in [3.8, 4) is 0 Å². The Kier molecular flexibility index (Phi) is 3.84. The van der Waals surface area contributed by atoms with E-state index in [2.05, 4.69) is 21.3 Å². The third kappa shape index (κ3) is 3.09. The normalized spacial score (nSPS) is 24.4. The number of nitrogens with two attached hydrogens (primary N) is 1. The molecule has 1 fully saturated rings. The molecular formula is C13H22N4. The van der Waals surface area contributed by atoms with E-state index in [9.17, 15) is 0 Å². The zero-order chi connectivity index (χ0) is 12.3. The molecule has 0 spiro atoms. The minimum atomic E-state index is 0.258. The molecule has 3 N–H and O–H groups in total. The van der Waals surface area contributed by atoms with Gasteiger partial charge in [-0.2, -0.15) is 0 Å². The van der Waals surface area contributed by atoms with Crippen molar-refractivity contribution >= 4 is 11.5 Å². The maximum Gasteiger partial charge on any atom is 0.128 e. The van der Waals surface area contributed by atoms with Crippen molar-refractivity contribution in [2.24, 2.45) is 5.73 Å². The lowest BCUT2D eigenvalue weighted by Gasteiger charge is -2.30. The molecule has 0 aromatic carbocycles. The lowest BCUT2D eigenvalue weighted by molar-refractivity contribution is 0.403. The number of anilines is 2. The van der Waals surface area contributed by atoms with Crippen LogP contribution in [0.4, 0.5) is 11.5 Å². The van der Waals surface area contributed by atoms with Crippen LogP contribution in [0.2, 0.25) is 0 Å². The molecule has 2 rings (SSSR count). The Morgan fingerprint density at radius 2 is 2.12 bits per heavy atom. The molecule has 1 aromatic rings. The molecular weight excluding hydrogens is 212 g/mol. The smallest absolute Gasteiger partial charge is 0.128 e. The van der Waals surface area contributed by atoms with Gasteiger partial charge in [0, 0.05) is 44.1 Å². The van der Waals surface area contributed by atoms with E-state index in [1.165, 1.54) is 12.8 Å². The molecule has 2 atom stereocenters. The van der Waals surface area contributed by atoms with Crippen molar-refractivity contribution in [2.45, 2.75) is 37.8 Å². The van der Waals surface area contributed by atoms with E-state index >= 15 is 0 Å². The van der Waals surface area contributed by atoms with E-state index in [1.54, 1.807) is 0 Å². The van der Waals surface area contributed by atoms with Crippen molar-refractivity contribution < 1.29 is 0 Å². The van der Waals surface area contributed by atoms with E-state index < -0.39 is 0 Å². The van der Waals surface area contributed by atoms with Gasteiger partial charge in [-0.25, -0.2) is 4.98 Å². The van der Waals surface area contributed by atoms with Crippen LogP contribution in [0.15, 0.2) is 18.3 Å². The maximum absolute atomic E-state index is 6.12. The monoisotopic (exact) mass is 234 g/mol.